The molecule has 0 atom stereocenters. The number of hydrogen-bond acceptors (Lipinski definition) is 2. The summed E-state index contributed by atoms with van der Waals surface area (Å²) in [7, 11) is 0. The van der Waals surface area contributed by atoms with Gasteiger partial charge in [0.2, 0.25) is 0 Å². The number of hydrogen-bond donors (Lipinski definition) is 0. The van der Waals surface area contributed by atoms with E-state index >= 15 is 0 Å². The zero-order valence-electron chi connectivity index (χ0n) is 21.5. The molecule has 2 heterocycles. The van der Waals surface area contributed by atoms with Crippen LogP contribution in [0, 0.1) is 20.6 Å². The number of aromatic nitrogens is 1. The van der Waals surface area contributed by atoms with E-state index in [4.69, 9.17) is 16.8 Å². The Kier molecular flexibility index (Phi) is 1.40. The summed E-state index contributed by atoms with van der Waals surface area (Å²) in [6.07, 6.45) is 1.08. The molecule has 0 aliphatic carbocycles. The van der Waals surface area contributed by atoms with Crippen molar-refractivity contribution < 1.29 is 16.8 Å². The summed E-state index contributed by atoms with van der Waals surface area (Å²) in [5.41, 5.74) is 1.12. The van der Waals surface area contributed by atoms with E-state index in [1.807, 2.05) is 18.2 Å². The fraction of sp³-hybridized carbons (Fsp3) is 0.136. The molecule has 2 aromatic heterocycles. The van der Waals surface area contributed by atoms with Gasteiger partial charge in [-0.3, -0.25) is 4.98 Å². The van der Waals surface area contributed by atoms with Crippen molar-refractivity contribution in [3.8, 4) is 11.3 Å². The van der Waals surface area contributed by atoms with Crippen LogP contribution in [-0.2, 0) is 0 Å². The summed E-state index contributed by atoms with van der Waals surface area (Å²) in [5, 5.41) is 3.13. The van der Waals surface area contributed by atoms with Crippen LogP contribution in [0.2, 0.25) is 0 Å². The number of furan rings is 1. The van der Waals surface area contributed by atoms with Crippen LogP contribution in [0.3, 0.4) is 0 Å². The molecule has 0 N–H and O–H groups in total. The molecule has 24 heavy (non-hydrogen) atoms. The molecule has 5 aromatic rings. The fourth-order valence-electron chi connectivity index (χ4n) is 3.31. The Labute approximate surface area is 152 Å². The first-order valence-electron chi connectivity index (χ1n) is 12.0. The maximum atomic E-state index is 7.83. The third kappa shape index (κ3) is 1.74. The van der Waals surface area contributed by atoms with Crippen LogP contribution >= 0.6 is 0 Å². The average Bonchev–Trinajstić information content (AvgIpc) is 3.10. The van der Waals surface area contributed by atoms with Crippen molar-refractivity contribution in [2.45, 2.75) is 20.6 Å². The second kappa shape index (κ2) is 4.57. The van der Waals surface area contributed by atoms with Gasteiger partial charge in [-0.15, -0.1) is 0 Å². The molecule has 0 saturated heterocycles. The molecule has 0 aliphatic rings. The topological polar surface area (TPSA) is 26.0 Å². The second-order valence-corrected chi connectivity index (χ2v) is 5.90. The summed E-state index contributed by atoms with van der Waals surface area (Å²) in [5.74, 6) is 0. The predicted molar refractivity (Wildman–Crippen MR) is 99.9 cm³/mol. The first kappa shape index (κ1) is 7.35. The normalized spacial score (nSPS) is 19.1. The zero-order chi connectivity index (χ0) is 23.9. The van der Waals surface area contributed by atoms with Gasteiger partial charge in [0.1, 0.15) is 11.2 Å². The molecular weight excluding hydrogens is 294 g/mol. The molecule has 0 amide bonds. The lowest BCUT2D eigenvalue weighted by Gasteiger charge is -2.07. The lowest BCUT2D eigenvalue weighted by atomic mass is 9.97. The van der Waals surface area contributed by atoms with Gasteiger partial charge in [-0.25, -0.2) is 0 Å². The quantitative estimate of drug-likeness (QED) is 0.345. The highest BCUT2D eigenvalue weighted by atomic mass is 16.3. The van der Waals surface area contributed by atoms with Crippen LogP contribution in [0.1, 0.15) is 29.0 Å². The molecule has 0 fully saturated rings. The molecule has 0 spiro atoms. The second-order valence-electron chi connectivity index (χ2n) is 5.90. The number of pyridine rings is 1. The Morgan fingerprint density at radius 3 is 2.62 bits per heavy atom. The van der Waals surface area contributed by atoms with E-state index < -0.39 is 20.6 Å². The summed E-state index contributed by atoms with van der Waals surface area (Å²) >= 11 is 0. The van der Waals surface area contributed by atoms with Crippen molar-refractivity contribution in [3.05, 3.63) is 65.4 Å². The summed E-state index contributed by atoms with van der Waals surface area (Å²) < 4.78 is 75.9. The van der Waals surface area contributed by atoms with E-state index in [9.17, 15) is 0 Å². The van der Waals surface area contributed by atoms with Crippen molar-refractivity contribution >= 4 is 32.7 Å². The van der Waals surface area contributed by atoms with Crippen molar-refractivity contribution in [2.24, 2.45) is 0 Å². The van der Waals surface area contributed by atoms with Crippen LogP contribution in [-0.4, -0.2) is 4.98 Å². The highest BCUT2D eigenvalue weighted by molar-refractivity contribution is 6.24. The third-order valence-corrected chi connectivity index (χ3v) is 4.41. The smallest absolute Gasteiger partial charge is 0.145 e. The van der Waals surface area contributed by atoms with Gasteiger partial charge in [0, 0.05) is 34.9 Å². The van der Waals surface area contributed by atoms with Crippen molar-refractivity contribution in [2.75, 3.05) is 0 Å². The molecule has 0 bridgehead atoms. The number of aryl methyl sites for hydroxylation is 3. The van der Waals surface area contributed by atoms with Crippen molar-refractivity contribution in [3.63, 3.8) is 0 Å². The van der Waals surface area contributed by atoms with Gasteiger partial charge in [-0.05, 0) is 66.2 Å². The van der Waals surface area contributed by atoms with Crippen LogP contribution in [0.5, 0.6) is 0 Å². The molecule has 2 heteroatoms. The summed E-state index contributed by atoms with van der Waals surface area (Å²) in [6, 6.07) is 11.7. The van der Waals surface area contributed by atoms with Gasteiger partial charge in [0.25, 0.3) is 0 Å². The molecule has 3 aromatic carbocycles. The Balaban J connectivity index is 1.82. The molecule has 0 aliphatic heterocycles. The maximum Gasteiger partial charge on any atom is 0.145 e. The van der Waals surface area contributed by atoms with Gasteiger partial charge in [0.05, 0.1) is 5.69 Å². The molecule has 116 valence electrons. The summed E-state index contributed by atoms with van der Waals surface area (Å²) in [4.78, 5) is 4.26. The largest absolute Gasteiger partial charge is 0.455 e. The van der Waals surface area contributed by atoms with Gasteiger partial charge in [-0.2, -0.15) is 0 Å². The molecule has 0 saturated carbocycles. The first-order chi connectivity index (χ1) is 15.2. The molecule has 2 nitrogen and oxygen atoms in total. The minimum absolute atomic E-state index is 0.156. The Bertz CT molecular complexity index is 1520. The van der Waals surface area contributed by atoms with Crippen molar-refractivity contribution in [1.82, 2.24) is 4.98 Å². The third-order valence-electron chi connectivity index (χ3n) is 4.41. The predicted octanol–water partition coefficient (Wildman–Crippen LogP) is 6.16. The molecule has 0 radical (unpaired) electrons. The molecule has 0 unspecified atom stereocenters. The highest BCUT2D eigenvalue weighted by Crippen LogP contribution is 2.41. The van der Waals surface area contributed by atoms with Gasteiger partial charge < -0.3 is 4.42 Å². The fourth-order valence-corrected chi connectivity index (χ4v) is 3.31. The minimum atomic E-state index is -2.65. The Morgan fingerprint density at radius 1 is 0.875 bits per heavy atom. The van der Waals surface area contributed by atoms with E-state index in [2.05, 4.69) is 4.98 Å². The van der Waals surface area contributed by atoms with E-state index in [-0.39, 0.29) is 22.4 Å². The van der Waals surface area contributed by atoms with E-state index in [0.717, 1.165) is 27.7 Å². The zero-order valence-corrected chi connectivity index (χ0v) is 12.5. The minimum Gasteiger partial charge on any atom is -0.455 e. The van der Waals surface area contributed by atoms with Crippen LogP contribution in [0.25, 0.3) is 44.0 Å². The maximum absolute atomic E-state index is 7.83. The van der Waals surface area contributed by atoms with Gasteiger partial charge in [-0.1, -0.05) is 24.3 Å². The first-order valence-corrected chi connectivity index (χ1v) is 7.48. The van der Waals surface area contributed by atoms with Crippen LogP contribution in [0.4, 0.5) is 0 Å². The monoisotopic (exact) mass is 320 g/mol. The highest BCUT2D eigenvalue weighted by Gasteiger charge is 2.17. The van der Waals surface area contributed by atoms with Crippen molar-refractivity contribution in [1.29, 1.82) is 0 Å². The summed E-state index contributed by atoms with van der Waals surface area (Å²) in [6.45, 7) is -7.58. The molecular formula is C22H17NO. The van der Waals surface area contributed by atoms with Crippen LogP contribution in [0.15, 0.2) is 53.1 Å². The standard InChI is InChI=1S/C22H17NO/c1-12-8-16-5-4-15-6-7-17(18-10-13(2)14(3)11-23-18)22-21(15)20(16)19(9-12)24-22/h4-11H,1-3H3/i1D3,2D3,3D3. The van der Waals surface area contributed by atoms with Gasteiger partial charge >= 0.3 is 0 Å². The number of nitrogens with zero attached hydrogens (tertiary/aromatic N) is 1. The van der Waals surface area contributed by atoms with Crippen LogP contribution < -0.4 is 0 Å². The average molecular weight is 320 g/mol. The number of rotatable bonds is 1. The Morgan fingerprint density at radius 2 is 1.75 bits per heavy atom. The lowest BCUT2D eigenvalue weighted by molar-refractivity contribution is 0.670. The SMILES string of the molecule is [2H]C([2H])([2H])c1cc2ccc3ccc(-c4cc(C([2H])([2H])[2H])c(C([2H])([2H])[2H])cn4)c4oc(c1)c2c34. The lowest BCUT2D eigenvalue weighted by Crippen LogP contribution is -1.89. The number of benzene rings is 3. The van der Waals surface area contributed by atoms with E-state index in [1.54, 1.807) is 12.1 Å². The van der Waals surface area contributed by atoms with E-state index in [0.29, 0.717) is 16.7 Å². The van der Waals surface area contributed by atoms with E-state index in [1.165, 1.54) is 12.1 Å². The Hall–Kier alpha value is -2.87. The molecule has 5 rings (SSSR count). The van der Waals surface area contributed by atoms with Gasteiger partial charge in [0.15, 0.2) is 0 Å².